The molecule has 2 bridgehead atoms. The Hall–Kier alpha value is -5.24. The first-order chi connectivity index (χ1) is 29.3. The number of benzene rings is 2. The first-order valence-electron chi connectivity index (χ1n) is 20.5. The van der Waals surface area contributed by atoms with Crippen LogP contribution in [0, 0.1) is 16.7 Å². The number of carboxylic acid groups (broad SMARTS) is 1. The first-order valence-corrected chi connectivity index (χ1v) is 20.5. The van der Waals surface area contributed by atoms with E-state index in [1.165, 1.54) is 26.0 Å². The number of nitrogens with two attached hydrogens (primary N) is 1. The van der Waals surface area contributed by atoms with Crippen LogP contribution in [-0.4, -0.2) is 128 Å². The third-order valence-corrected chi connectivity index (χ3v) is 12.7. The minimum absolute atomic E-state index is 0.0637. The van der Waals surface area contributed by atoms with Crippen molar-refractivity contribution >= 4 is 35.8 Å². The van der Waals surface area contributed by atoms with Gasteiger partial charge in [0.25, 0.3) is 0 Å². The van der Waals surface area contributed by atoms with Crippen LogP contribution in [0.2, 0.25) is 0 Å². The molecule has 11 atom stereocenters. The van der Waals surface area contributed by atoms with Crippen molar-refractivity contribution in [2.45, 2.75) is 128 Å². The molecule has 63 heavy (non-hydrogen) atoms. The maximum Gasteiger partial charge on any atom is 0.408 e. The Morgan fingerprint density at radius 3 is 2.05 bits per heavy atom. The lowest BCUT2D eigenvalue weighted by Crippen LogP contribution is -2.81. The molecule has 0 radical (unpaired) electrons. The predicted octanol–water partition coefficient (Wildman–Crippen LogP) is 2.29. The minimum atomic E-state index is -2.35. The van der Waals surface area contributed by atoms with Crippen molar-refractivity contribution in [3.05, 3.63) is 82.9 Å². The molecule has 2 aromatic rings. The lowest BCUT2D eigenvalue weighted by atomic mass is 9.44. The molecule has 1 saturated heterocycles. The number of alkyl carbamates (subject to hydrolysis) is 1. The molecule has 0 aromatic heterocycles. The summed E-state index contributed by atoms with van der Waals surface area (Å²) in [6, 6.07) is 14.6. The number of aliphatic hydroxyl groups is 4. The van der Waals surface area contributed by atoms with Crippen LogP contribution in [-0.2, 0) is 42.9 Å². The molecule has 8 N–H and O–H groups in total. The highest BCUT2D eigenvalue weighted by molar-refractivity contribution is 5.94. The van der Waals surface area contributed by atoms with Crippen LogP contribution in [0.3, 0.4) is 0 Å². The molecule has 2 saturated carbocycles. The second-order valence-electron chi connectivity index (χ2n) is 18.2. The van der Waals surface area contributed by atoms with Crippen molar-refractivity contribution in [1.29, 1.82) is 0 Å². The summed E-state index contributed by atoms with van der Waals surface area (Å²) in [4.78, 5) is 78.2. The second-order valence-corrected chi connectivity index (χ2v) is 18.2. The van der Waals surface area contributed by atoms with Gasteiger partial charge in [-0.15, -0.1) is 0 Å². The van der Waals surface area contributed by atoms with Gasteiger partial charge in [0.2, 0.25) is 0 Å². The third-order valence-electron chi connectivity index (χ3n) is 12.7. The SMILES string of the molecule is CC(=O)O[C@@]12CO[C@@H]1C[C@H](O)[C@@]1(C)C(=O)[C@H](O)C3=C(C)[C@@H](OC(=O)C(O)[C@@H](NC(=O)OC(C)(C)C)c4ccccc4)C[C@@](O)([C@@H](OC(=O)c4ccccc4)[C@H]21)C3(C)C.NCC(=O)O. The number of ether oxygens (including phenoxy) is 5. The fourth-order valence-electron chi connectivity index (χ4n) is 9.56. The topological polar surface area (TPSA) is 288 Å². The molecule has 1 amide bonds. The lowest BCUT2D eigenvalue weighted by Gasteiger charge is -2.67. The van der Waals surface area contributed by atoms with Gasteiger partial charge < -0.3 is 60.3 Å². The van der Waals surface area contributed by atoms with E-state index in [1.54, 1.807) is 83.1 Å². The summed E-state index contributed by atoms with van der Waals surface area (Å²) in [6.07, 6.45) is -11.5. The van der Waals surface area contributed by atoms with E-state index in [0.717, 1.165) is 6.92 Å². The van der Waals surface area contributed by atoms with E-state index in [4.69, 9.17) is 28.8 Å². The maximum absolute atomic E-state index is 14.9. The van der Waals surface area contributed by atoms with E-state index >= 15 is 0 Å². The normalized spacial score (nSPS) is 31.6. The molecular formula is C45H58N2O16. The zero-order valence-electron chi connectivity index (χ0n) is 36.5. The number of aliphatic hydroxyl groups excluding tert-OH is 3. The molecule has 6 rings (SSSR count). The highest BCUT2D eigenvalue weighted by atomic mass is 16.6. The quantitative estimate of drug-likeness (QED) is 0.108. The van der Waals surface area contributed by atoms with E-state index in [0.29, 0.717) is 5.56 Å². The number of esters is 3. The average Bonchev–Trinajstić information content (AvgIpc) is 3.21. The van der Waals surface area contributed by atoms with Gasteiger partial charge in [-0.2, -0.15) is 0 Å². The smallest absolute Gasteiger partial charge is 0.408 e. The van der Waals surface area contributed by atoms with Gasteiger partial charge in [0.1, 0.15) is 35.6 Å². The number of carbonyl (C=O) groups is 6. The van der Waals surface area contributed by atoms with E-state index in [-0.39, 0.29) is 36.3 Å². The first kappa shape index (κ1) is 48.8. The Kier molecular flexibility index (Phi) is 14.0. The molecule has 18 heteroatoms. The number of rotatable bonds is 9. The average molecular weight is 883 g/mol. The molecule has 3 aliphatic carbocycles. The van der Waals surface area contributed by atoms with Crippen molar-refractivity contribution in [1.82, 2.24) is 5.32 Å². The summed E-state index contributed by atoms with van der Waals surface area (Å²) in [5, 5.41) is 59.2. The monoisotopic (exact) mass is 882 g/mol. The van der Waals surface area contributed by atoms with Gasteiger partial charge in [-0.05, 0) is 63.5 Å². The van der Waals surface area contributed by atoms with E-state index < -0.39 is 118 Å². The molecule has 4 aliphatic rings. The number of amides is 1. The Labute approximate surface area is 364 Å². The van der Waals surface area contributed by atoms with Crippen LogP contribution >= 0.6 is 0 Å². The zero-order chi connectivity index (χ0) is 47.0. The number of ketones is 1. The lowest BCUT2D eigenvalue weighted by molar-refractivity contribution is -0.346. The molecule has 1 aliphatic heterocycles. The van der Waals surface area contributed by atoms with Crippen molar-refractivity contribution < 1.29 is 78.0 Å². The number of fused-ring (bicyclic) bond motifs is 5. The summed E-state index contributed by atoms with van der Waals surface area (Å²) in [5.74, 6) is -6.33. The van der Waals surface area contributed by atoms with Gasteiger partial charge in [-0.3, -0.25) is 14.4 Å². The number of nitrogens with one attached hydrogen (secondary N) is 1. The number of aliphatic carboxylic acids is 1. The van der Waals surface area contributed by atoms with E-state index in [1.807, 2.05) is 0 Å². The van der Waals surface area contributed by atoms with Crippen LogP contribution < -0.4 is 11.1 Å². The van der Waals surface area contributed by atoms with E-state index in [2.05, 4.69) is 11.1 Å². The molecular weight excluding hydrogens is 824 g/mol. The largest absolute Gasteiger partial charge is 0.480 e. The van der Waals surface area contributed by atoms with Crippen LogP contribution in [0.5, 0.6) is 0 Å². The Balaban J connectivity index is 0.00000141. The van der Waals surface area contributed by atoms with Gasteiger partial charge in [0, 0.05) is 25.2 Å². The minimum Gasteiger partial charge on any atom is -0.480 e. The Bertz CT molecular complexity index is 2100. The van der Waals surface area contributed by atoms with Gasteiger partial charge in [-0.1, -0.05) is 62.4 Å². The Morgan fingerprint density at radius 1 is 0.968 bits per heavy atom. The van der Waals surface area contributed by atoms with Crippen molar-refractivity contribution in [2.24, 2.45) is 22.5 Å². The second kappa shape index (κ2) is 18.1. The van der Waals surface area contributed by atoms with Gasteiger partial charge in [-0.25, -0.2) is 14.4 Å². The summed E-state index contributed by atoms with van der Waals surface area (Å²) >= 11 is 0. The van der Waals surface area contributed by atoms with Gasteiger partial charge in [0.05, 0.1) is 42.2 Å². The van der Waals surface area contributed by atoms with E-state index in [9.17, 15) is 49.2 Å². The Morgan fingerprint density at radius 2 is 1.54 bits per heavy atom. The number of hydrogen-bond acceptors (Lipinski definition) is 16. The number of carboxylic acids is 1. The summed E-state index contributed by atoms with van der Waals surface area (Å²) < 4.78 is 29.5. The molecule has 1 heterocycles. The summed E-state index contributed by atoms with van der Waals surface area (Å²) in [7, 11) is 0. The molecule has 18 nitrogen and oxygen atoms in total. The maximum atomic E-state index is 14.9. The zero-order valence-corrected chi connectivity index (χ0v) is 36.5. The highest BCUT2D eigenvalue weighted by Gasteiger charge is 2.78. The molecule has 0 spiro atoms. The number of carbonyl (C=O) groups excluding carboxylic acids is 5. The van der Waals surface area contributed by atoms with Crippen molar-refractivity contribution in [3.63, 3.8) is 0 Å². The molecule has 3 fully saturated rings. The highest BCUT2D eigenvalue weighted by Crippen LogP contribution is 2.64. The van der Waals surface area contributed by atoms with Crippen LogP contribution in [0.1, 0.15) is 90.2 Å². The third kappa shape index (κ3) is 9.10. The number of Topliss-reactive ketones (excluding diaryl/α,β-unsaturated/α-hetero) is 1. The summed E-state index contributed by atoms with van der Waals surface area (Å²) in [5.41, 5.74) is -3.56. The summed E-state index contributed by atoms with van der Waals surface area (Å²) in [6.45, 7) is 11.5. The molecule has 2 aromatic carbocycles. The van der Waals surface area contributed by atoms with Crippen molar-refractivity contribution in [2.75, 3.05) is 13.2 Å². The fraction of sp³-hybridized carbons (Fsp3) is 0.556. The van der Waals surface area contributed by atoms with Crippen molar-refractivity contribution in [3.8, 4) is 0 Å². The van der Waals surface area contributed by atoms with Crippen LogP contribution in [0.4, 0.5) is 4.79 Å². The molecule has 1 unspecified atom stereocenters. The van der Waals surface area contributed by atoms with Gasteiger partial charge in [0.15, 0.2) is 17.5 Å². The van der Waals surface area contributed by atoms with Gasteiger partial charge >= 0.3 is 30.0 Å². The molecule has 344 valence electrons. The number of hydrogen-bond donors (Lipinski definition) is 7. The standard InChI is InChI=1S/C43H53NO14.C2H5NO2/c1-22-26(55-37(51)32(48)30(24-15-11-9-12-16-24)44-38(52)58-39(3,4)5)20-43(53)35(56-36(50)25-17-13-10-14-18-25)33-41(8,34(49)31(47)29(22)40(43,6)7)27(46)19-28-42(33,21-54-28)57-23(2)45;3-1-2(4)5/h9-18,26-28,30-33,35,46-48,53H,19-21H2,1-8H3,(H,44,52);1,3H2,(H,4,5)/t26-,27-,28+,30-,31+,32?,33-,35-,41+,42-,43+;/m0./s1. The fourth-order valence-corrected chi connectivity index (χ4v) is 9.56. The van der Waals surface area contributed by atoms with Crippen LogP contribution in [0.15, 0.2) is 71.8 Å². The predicted molar refractivity (Wildman–Crippen MR) is 220 cm³/mol. The van der Waals surface area contributed by atoms with Crippen LogP contribution in [0.25, 0.3) is 0 Å².